The zero-order valence-electron chi connectivity index (χ0n) is 11.9. The minimum absolute atomic E-state index is 0.0443. The van der Waals surface area contributed by atoms with Crippen molar-refractivity contribution in [1.82, 2.24) is 15.3 Å². The van der Waals surface area contributed by atoms with E-state index in [0.717, 1.165) is 19.4 Å². The van der Waals surface area contributed by atoms with E-state index in [2.05, 4.69) is 15.3 Å². The summed E-state index contributed by atoms with van der Waals surface area (Å²) in [6.07, 6.45) is 1.78. The van der Waals surface area contributed by atoms with Crippen molar-refractivity contribution in [1.29, 1.82) is 0 Å². The Hall–Kier alpha value is -2.37. The zero-order valence-corrected chi connectivity index (χ0v) is 11.9. The van der Waals surface area contributed by atoms with Gasteiger partial charge in [0, 0.05) is 20.1 Å². The molecule has 3 rings (SSSR count). The molecular weight excluding hydrogens is 268 g/mol. The van der Waals surface area contributed by atoms with Gasteiger partial charge in [0.05, 0.1) is 16.8 Å². The van der Waals surface area contributed by atoms with E-state index in [0.29, 0.717) is 23.4 Å². The fourth-order valence-electron chi connectivity index (χ4n) is 2.81. The van der Waals surface area contributed by atoms with E-state index in [-0.39, 0.29) is 17.4 Å². The molecule has 0 spiro atoms. The number of aromatic amines is 1. The van der Waals surface area contributed by atoms with Gasteiger partial charge in [0.15, 0.2) is 0 Å². The number of para-hydroxylation sites is 1. The lowest BCUT2D eigenvalue weighted by atomic mass is 9.97. The number of fused-ring (bicyclic) bond motifs is 1. The highest BCUT2D eigenvalue weighted by Crippen LogP contribution is 2.21. The van der Waals surface area contributed by atoms with E-state index in [1.54, 1.807) is 13.1 Å². The minimum Gasteiger partial charge on any atom is -0.359 e. The van der Waals surface area contributed by atoms with Crippen molar-refractivity contribution in [2.75, 3.05) is 25.0 Å². The van der Waals surface area contributed by atoms with Crippen molar-refractivity contribution >= 4 is 22.8 Å². The van der Waals surface area contributed by atoms with Gasteiger partial charge in [-0.05, 0) is 25.0 Å². The molecule has 2 N–H and O–H groups in total. The molecule has 6 nitrogen and oxygen atoms in total. The third-order valence-corrected chi connectivity index (χ3v) is 3.94. The number of nitrogens with zero attached hydrogens (tertiary/aromatic N) is 2. The van der Waals surface area contributed by atoms with E-state index in [4.69, 9.17) is 0 Å². The number of hydrogen-bond donors (Lipinski definition) is 2. The molecule has 0 radical (unpaired) electrons. The second kappa shape index (κ2) is 5.55. The molecule has 0 saturated carbocycles. The summed E-state index contributed by atoms with van der Waals surface area (Å²) in [5, 5.41) is 3.27. The lowest BCUT2D eigenvalue weighted by molar-refractivity contribution is -0.124. The molecule has 0 aliphatic carbocycles. The van der Waals surface area contributed by atoms with Crippen LogP contribution in [0.2, 0.25) is 0 Å². The van der Waals surface area contributed by atoms with Gasteiger partial charge in [-0.2, -0.15) is 0 Å². The molecule has 0 bridgehead atoms. The van der Waals surface area contributed by atoms with Gasteiger partial charge in [-0.1, -0.05) is 12.1 Å². The standard InChI is InChI=1S/C15H18N4O2/c1-16-13(20)10-5-4-8-19(9-10)15-17-12-7-3-2-6-11(12)14(21)18-15/h2-3,6-7,10H,4-5,8-9H2,1H3,(H,16,20)(H,17,18,21). The predicted molar refractivity (Wildman–Crippen MR) is 81.4 cm³/mol. The van der Waals surface area contributed by atoms with Crippen molar-refractivity contribution in [3.8, 4) is 0 Å². The highest BCUT2D eigenvalue weighted by molar-refractivity contribution is 5.80. The van der Waals surface area contributed by atoms with Crippen molar-refractivity contribution < 1.29 is 4.79 Å². The van der Waals surface area contributed by atoms with Gasteiger partial charge in [-0.3, -0.25) is 14.6 Å². The number of carbonyl (C=O) groups is 1. The van der Waals surface area contributed by atoms with Crippen LogP contribution >= 0.6 is 0 Å². The molecule has 1 amide bonds. The van der Waals surface area contributed by atoms with E-state index in [1.165, 1.54) is 0 Å². The molecule has 21 heavy (non-hydrogen) atoms. The highest BCUT2D eigenvalue weighted by Gasteiger charge is 2.26. The topological polar surface area (TPSA) is 78.1 Å². The average molecular weight is 286 g/mol. The minimum atomic E-state index is -0.141. The molecule has 1 unspecified atom stereocenters. The van der Waals surface area contributed by atoms with Gasteiger partial charge in [-0.25, -0.2) is 4.98 Å². The first-order valence-corrected chi connectivity index (χ1v) is 7.14. The fourth-order valence-corrected chi connectivity index (χ4v) is 2.81. The van der Waals surface area contributed by atoms with Crippen LogP contribution in [0.3, 0.4) is 0 Å². The number of anilines is 1. The molecule has 110 valence electrons. The van der Waals surface area contributed by atoms with Crippen LogP contribution in [0.1, 0.15) is 12.8 Å². The molecule has 1 fully saturated rings. The summed E-state index contributed by atoms with van der Waals surface area (Å²) in [5.41, 5.74) is 0.538. The number of piperidine rings is 1. The average Bonchev–Trinajstić information content (AvgIpc) is 2.54. The Kier molecular flexibility index (Phi) is 3.60. The maximum Gasteiger partial charge on any atom is 0.260 e. The smallest absolute Gasteiger partial charge is 0.260 e. The Bertz CT molecular complexity index is 725. The second-order valence-corrected chi connectivity index (χ2v) is 5.31. The van der Waals surface area contributed by atoms with Gasteiger partial charge in [0.25, 0.3) is 5.56 Å². The number of rotatable bonds is 2. The van der Waals surface area contributed by atoms with Gasteiger partial charge in [0.2, 0.25) is 11.9 Å². The third-order valence-electron chi connectivity index (χ3n) is 3.94. The van der Waals surface area contributed by atoms with Crippen LogP contribution in [-0.2, 0) is 4.79 Å². The van der Waals surface area contributed by atoms with Crippen LogP contribution in [0, 0.1) is 5.92 Å². The zero-order chi connectivity index (χ0) is 14.8. The molecule has 2 heterocycles. The number of amides is 1. The maximum absolute atomic E-state index is 12.1. The Morgan fingerprint density at radius 3 is 3.05 bits per heavy atom. The normalized spacial score (nSPS) is 18.7. The quantitative estimate of drug-likeness (QED) is 0.859. The van der Waals surface area contributed by atoms with Crippen LogP contribution < -0.4 is 15.8 Å². The van der Waals surface area contributed by atoms with Crippen molar-refractivity contribution in [2.24, 2.45) is 5.92 Å². The maximum atomic E-state index is 12.1. The molecule has 6 heteroatoms. The van der Waals surface area contributed by atoms with Gasteiger partial charge in [-0.15, -0.1) is 0 Å². The monoisotopic (exact) mass is 286 g/mol. The summed E-state index contributed by atoms with van der Waals surface area (Å²) in [7, 11) is 1.65. The molecule has 1 aromatic carbocycles. The number of hydrogen-bond acceptors (Lipinski definition) is 4. The first-order chi connectivity index (χ1) is 10.2. The van der Waals surface area contributed by atoms with E-state index in [1.807, 2.05) is 23.1 Å². The summed E-state index contributed by atoms with van der Waals surface area (Å²) < 4.78 is 0. The number of nitrogens with one attached hydrogen (secondary N) is 2. The largest absolute Gasteiger partial charge is 0.359 e. The van der Waals surface area contributed by atoms with E-state index in [9.17, 15) is 9.59 Å². The lowest BCUT2D eigenvalue weighted by Gasteiger charge is -2.32. The molecule has 1 atom stereocenters. The van der Waals surface area contributed by atoms with Gasteiger partial charge in [0.1, 0.15) is 0 Å². The van der Waals surface area contributed by atoms with Crippen LogP contribution in [0.5, 0.6) is 0 Å². The summed E-state index contributed by atoms with van der Waals surface area (Å²) in [4.78, 5) is 33.2. The summed E-state index contributed by atoms with van der Waals surface area (Å²) >= 11 is 0. The first-order valence-electron chi connectivity index (χ1n) is 7.14. The van der Waals surface area contributed by atoms with Crippen LogP contribution in [0.4, 0.5) is 5.95 Å². The number of carbonyl (C=O) groups excluding carboxylic acids is 1. The molecule has 1 aliphatic heterocycles. The summed E-state index contributed by atoms with van der Waals surface area (Å²) in [6.45, 7) is 1.38. The number of benzene rings is 1. The molecule has 1 aromatic heterocycles. The Morgan fingerprint density at radius 2 is 2.24 bits per heavy atom. The first kappa shape index (κ1) is 13.6. The van der Waals surface area contributed by atoms with E-state index < -0.39 is 0 Å². The van der Waals surface area contributed by atoms with Crippen LogP contribution in [0.15, 0.2) is 29.1 Å². The van der Waals surface area contributed by atoms with E-state index >= 15 is 0 Å². The Labute approximate surface area is 122 Å². The number of H-pyrrole nitrogens is 1. The third kappa shape index (κ3) is 2.61. The SMILES string of the molecule is CNC(=O)C1CCCN(c2nc3ccccc3c(=O)[nH]2)C1. The Morgan fingerprint density at radius 1 is 1.43 bits per heavy atom. The lowest BCUT2D eigenvalue weighted by Crippen LogP contribution is -2.43. The molecule has 2 aromatic rings. The van der Waals surface area contributed by atoms with Crippen molar-refractivity contribution in [3.05, 3.63) is 34.6 Å². The molecule has 1 aliphatic rings. The summed E-state index contributed by atoms with van der Waals surface area (Å²) in [5.74, 6) is 0.538. The van der Waals surface area contributed by atoms with Gasteiger partial charge >= 0.3 is 0 Å². The highest BCUT2D eigenvalue weighted by atomic mass is 16.1. The van der Waals surface area contributed by atoms with Crippen molar-refractivity contribution in [3.63, 3.8) is 0 Å². The number of aromatic nitrogens is 2. The van der Waals surface area contributed by atoms with Crippen molar-refractivity contribution in [2.45, 2.75) is 12.8 Å². The Balaban J connectivity index is 1.93. The molecular formula is C15H18N4O2. The fraction of sp³-hybridized carbons (Fsp3) is 0.400. The predicted octanol–water partition coefficient (Wildman–Crippen LogP) is 0.885. The van der Waals surface area contributed by atoms with Crippen LogP contribution in [-0.4, -0.2) is 36.0 Å². The summed E-state index contributed by atoms with van der Waals surface area (Å²) in [6, 6.07) is 7.27. The van der Waals surface area contributed by atoms with Gasteiger partial charge < -0.3 is 10.2 Å². The molecule has 1 saturated heterocycles. The van der Waals surface area contributed by atoms with Crippen LogP contribution in [0.25, 0.3) is 10.9 Å². The second-order valence-electron chi connectivity index (χ2n) is 5.31.